The van der Waals surface area contributed by atoms with Gasteiger partial charge < -0.3 is 5.73 Å². The average molecular weight is 165 g/mol. The molecule has 5 nitrogen and oxygen atoms in total. The normalized spacial score (nSPS) is 10.9. The fourth-order valence-corrected chi connectivity index (χ4v) is 0.557. The van der Waals surface area contributed by atoms with E-state index in [1.54, 1.807) is 0 Å². The molecule has 0 aliphatic heterocycles. The number of nitrogens with two attached hydrogens (primary N) is 1. The van der Waals surface area contributed by atoms with Crippen LogP contribution in [0.25, 0.3) is 0 Å². The van der Waals surface area contributed by atoms with Gasteiger partial charge in [0.25, 0.3) is 0 Å². The quantitative estimate of drug-likeness (QED) is 0.553. The van der Waals surface area contributed by atoms with Gasteiger partial charge in [-0.3, -0.25) is 9.59 Å². The Labute approximate surface area is 69.4 Å². The zero-order chi connectivity index (χ0) is 9.56. The van der Waals surface area contributed by atoms with Crippen molar-refractivity contribution in [2.24, 2.45) is 5.73 Å². The minimum Gasteiger partial charge on any atom is -0.321 e. The largest absolute Gasteiger partial charge is 0.321 e. The second-order valence-electron chi connectivity index (χ2n) is 2.16. The van der Waals surface area contributed by atoms with Crippen LogP contribution in [0, 0.1) is 22.7 Å². The van der Waals surface area contributed by atoms with E-state index in [1.807, 2.05) is 0 Å². The Bertz CT molecular complexity index is 271. The maximum Gasteiger partial charge on any atom is 0.248 e. The summed E-state index contributed by atoms with van der Waals surface area (Å²) < 4.78 is 0. The molecule has 0 radical (unpaired) electrons. The predicted octanol–water partition coefficient (Wildman–Crippen LogP) is -0.721. The van der Waals surface area contributed by atoms with E-state index in [-0.39, 0.29) is 12.8 Å². The minimum atomic E-state index is -0.952. The van der Waals surface area contributed by atoms with Crippen molar-refractivity contribution in [2.75, 3.05) is 0 Å². The smallest absolute Gasteiger partial charge is 0.248 e. The van der Waals surface area contributed by atoms with Gasteiger partial charge in [-0.2, -0.15) is 10.5 Å². The Kier molecular flexibility index (Phi) is 4.28. The number of nitrogens with zero attached hydrogens (tertiary/aromatic N) is 2. The molecule has 0 amide bonds. The summed E-state index contributed by atoms with van der Waals surface area (Å²) in [5.41, 5.74) is 5.20. The van der Waals surface area contributed by atoms with Crippen molar-refractivity contribution in [3.63, 3.8) is 0 Å². The molecule has 0 aromatic heterocycles. The van der Waals surface area contributed by atoms with Crippen LogP contribution in [0.3, 0.4) is 0 Å². The van der Waals surface area contributed by atoms with E-state index in [0.29, 0.717) is 0 Å². The third-order valence-electron chi connectivity index (χ3n) is 1.25. The summed E-state index contributed by atoms with van der Waals surface area (Å²) in [6, 6.07) is 1.79. The van der Waals surface area contributed by atoms with Gasteiger partial charge in [-0.25, -0.2) is 0 Å². The fraction of sp³-hybridized carbons (Fsp3) is 0.429. The molecule has 0 heterocycles. The third-order valence-corrected chi connectivity index (χ3v) is 1.25. The summed E-state index contributed by atoms with van der Waals surface area (Å²) >= 11 is 0. The number of carbonyl (C=O) groups is 2. The summed E-state index contributed by atoms with van der Waals surface area (Å²) in [7, 11) is 0. The molecule has 0 aromatic rings. The number of hydrogen-bond donors (Lipinski definition) is 1. The first kappa shape index (κ1) is 10.3. The average Bonchev–Trinajstić information content (AvgIpc) is 2.11. The van der Waals surface area contributed by atoms with Crippen LogP contribution in [0.2, 0.25) is 0 Å². The molecule has 1 atom stereocenters. The zero-order valence-electron chi connectivity index (χ0n) is 6.28. The Morgan fingerprint density at radius 1 is 1.33 bits per heavy atom. The van der Waals surface area contributed by atoms with Crippen molar-refractivity contribution in [3.05, 3.63) is 0 Å². The van der Waals surface area contributed by atoms with E-state index in [2.05, 4.69) is 0 Å². The molecule has 12 heavy (non-hydrogen) atoms. The molecule has 2 N–H and O–H groups in total. The Hall–Kier alpha value is -1.72. The Balaban J connectivity index is 3.83. The molecular formula is C7H7N3O2. The molecule has 0 aromatic carbocycles. The van der Waals surface area contributed by atoms with Crippen LogP contribution in [0.4, 0.5) is 0 Å². The lowest BCUT2D eigenvalue weighted by Crippen LogP contribution is -2.29. The second-order valence-corrected chi connectivity index (χ2v) is 2.16. The van der Waals surface area contributed by atoms with E-state index in [9.17, 15) is 9.59 Å². The molecule has 0 rings (SSSR count). The second kappa shape index (κ2) is 5.00. The molecule has 0 aliphatic carbocycles. The van der Waals surface area contributed by atoms with Crippen LogP contribution in [-0.4, -0.2) is 17.6 Å². The monoisotopic (exact) mass is 165 g/mol. The minimum absolute atomic E-state index is 0.0544. The number of carbonyl (C=O) groups excluding carboxylic acids is 2. The number of hydrogen-bond acceptors (Lipinski definition) is 5. The highest BCUT2D eigenvalue weighted by atomic mass is 16.1. The van der Waals surface area contributed by atoms with Crippen molar-refractivity contribution < 1.29 is 9.59 Å². The van der Waals surface area contributed by atoms with Crippen LogP contribution >= 0.6 is 0 Å². The summed E-state index contributed by atoms with van der Waals surface area (Å²) in [5.74, 6) is -1.39. The van der Waals surface area contributed by atoms with Crippen molar-refractivity contribution in [2.45, 2.75) is 18.9 Å². The van der Waals surface area contributed by atoms with Crippen LogP contribution in [0.15, 0.2) is 0 Å². The predicted molar refractivity (Wildman–Crippen MR) is 38.4 cm³/mol. The van der Waals surface area contributed by atoms with E-state index < -0.39 is 17.6 Å². The molecule has 5 heteroatoms. The molecule has 0 spiro atoms. The summed E-state index contributed by atoms with van der Waals surface area (Å²) in [6.45, 7) is 0. The first-order valence-electron chi connectivity index (χ1n) is 3.24. The zero-order valence-corrected chi connectivity index (χ0v) is 6.28. The lowest BCUT2D eigenvalue weighted by Gasteiger charge is -2.01. The maximum atomic E-state index is 10.5. The highest BCUT2D eigenvalue weighted by Gasteiger charge is 2.13. The highest BCUT2D eigenvalue weighted by Crippen LogP contribution is 1.95. The lowest BCUT2D eigenvalue weighted by atomic mass is 10.1. The van der Waals surface area contributed by atoms with Crippen molar-refractivity contribution in [1.29, 1.82) is 10.5 Å². The molecule has 0 saturated heterocycles. The van der Waals surface area contributed by atoms with Gasteiger partial charge in [0.05, 0.1) is 6.04 Å². The molecule has 0 unspecified atom stereocenters. The van der Waals surface area contributed by atoms with E-state index in [1.165, 1.54) is 12.1 Å². The van der Waals surface area contributed by atoms with Crippen LogP contribution < -0.4 is 5.73 Å². The van der Waals surface area contributed by atoms with E-state index >= 15 is 0 Å². The third kappa shape index (κ3) is 3.45. The van der Waals surface area contributed by atoms with Gasteiger partial charge in [-0.15, -0.1) is 0 Å². The summed E-state index contributed by atoms with van der Waals surface area (Å²) in [6.07, 6.45) is -0.0239. The lowest BCUT2D eigenvalue weighted by molar-refractivity contribution is -0.116. The van der Waals surface area contributed by atoms with Crippen molar-refractivity contribution in [3.8, 4) is 12.1 Å². The van der Waals surface area contributed by atoms with Gasteiger partial charge in [0.15, 0.2) is 0 Å². The van der Waals surface area contributed by atoms with Crippen molar-refractivity contribution >= 4 is 11.6 Å². The van der Waals surface area contributed by atoms with Gasteiger partial charge in [0.1, 0.15) is 12.1 Å². The highest BCUT2D eigenvalue weighted by molar-refractivity contribution is 5.98. The fourth-order valence-electron chi connectivity index (χ4n) is 0.557. The topological polar surface area (TPSA) is 108 Å². The number of Topliss-reactive ketones (excluding diaryl/α,β-unsaturated/α-hetero) is 2. The molecule has 0 bridgehead atoms. The van der Waals surface area contributed by atoms with E-state index in [0.717, 1.165) is 0 Å². The number of nitriles is 2. The van der Waals surface area contributed by atoms with Crippen molar-refractivity contribution in [1.82, 2.24) is 0 Å². The molecule has 0 saturated carbocycles. The number of rotatable bonds is 4. The van der Waals surface area contributed by atoms with E-state index in [4.69, 9.17) is 16.3 Å². The Morgan fingerprint density at radius 2 is 1.92 bits per heavy atom. The molecule has 62 valence electrons. The summed E-state index contributed by atoms with van der Waals surface area (Å²) in [5, 5.41) is 16.2. The molecular weight excluding hydrogens is 158 g/mol. The van der Waals surface area contributed by atoms with Gasteiger partial charge in [-0.1, -0.05) is 0 Å². The van der Waals surface area contributed by atoms with Crippen LogP contribution in [0.1, 0.15) is 12.8 Å². The maximum absolute atomic E-state index is 10.5. The van der Waals surface area contributed by atoms with Crippen LogP contribution in [-0.2, 0) is 9.59 Å². The number of ketones is 2. The summed E-state index contributed by atoms with van der Waals surface area (Å²) in [4.78, 5) is 20.9. The SMILES string of the molecule is N#CC(=O)CC[C@H](N)C(=O)C#N. The molecule has 0 fully saturated rings. The van der Waals surface area contributed by atoms with Gasteiger partial charge in [0.2, 0.25) is 11.6 Å². The Morgan fingerprint density at radius 3 is 2.33 bits per heavy atom. The van der Waals surface area contributed by atoms with Gasteiger partial charge in [0, 0.05) is 6.42 Å². The van der Waals surface area contributed by atoms with Gasteiger partial charge in [-0.05, 0) is 6.42 Å². The first-order chi connectivity index (χ1) is 5.61. The van der Waals surface area contributed by atoms with Crippen LogP contribution in [0.5, 0.6) is 0 Å². The van der Waals surface area contributed by atoms with Gasteiger partial charge >= 0.3 is 0 Å². The standard InChI is InChI=1S/C7H7N3O2/c8-3-5(11)1-2-6(10)7(12)4-9/h6H,1-2,10H2/t6-/m0/s1. The first-order valence-corrected chi connectivity index (χ1v) is 3.24. The molecule has 0 aliphatic rings.